The molecule has 0 spiro atoms. The summed E-state index contributed by atoms with van der Waals surface area (Å²) in [5.41, 5.74) is 5.07. The van der Waals surface area contributed by atoms with Gasteiger partial charge < -0.3 is 0 Å². The number of rotatable bonds is 3. The molecule has 0 saturated carbocycles. The highest BCUT2D eigenvalue weighted by molar-refractivity contribution is 6.20. The maximum Gasteiger partial charge on any atom is 0.0890 e. The summed E-state index contributed by atoms with van der Waals surface area (Å²) in [6.45, 7) is 0. The molecule has 0 fully saturated rings. The van der Waals surface area contributed by atoms with Crippen LogP contribution in [0.15, 0.2) is 60.9 Å². The predicted octanol–water partition coefficient (Wildman–Crippen LogP) is 4.10. The number of aromatic nitrogens is 4. The SMILES string of the molecule is ClC(Cc1cnc2ccccc2n1)c1cnc2ccccc2n1. The maximum absolute atomic E-state index is 6.52. The van der Waals surface area contributed by atoms with Gasteiger partial charge in [-0.2, -0.15) is 0 Å². The number of fused-ring (bicyclic) bond motifs is 2. The fourth-order valence-electron chi connectivity index (χ4n) is 2.50. The fraction of sp³-hybridized carbons (Fsp3) is 0.111. The average molecular weight is 321 g/mol. The van der Waals surface area contributed by atoms with Crippen molar-refractivity contribution in [1.29, 1.82) is 0 Å². The lowest BCUT2D eigenvalue weighted by molar-refractivity contribution is 0.846. The van der Waals surface area contributed by atoms with E-state index < -0.39 is 0 Å². The average Bonchev–Trinajstić information content (AvgIpc) is 2.61. The molecule has 2 aromatic heterocycles. The van der Waals surface area contributed by atoms with Gasteiger partial charge in [-0.15, -0.1) is 11.6 Å². The minimum atomic E-state index is -0.289. The van der Waals surface area contributed by atoms with Gasteiger partial charge in [-0.25, -0.2) is 9.97 Å². The van der Waals surface area contributed by atoms with Gasteiger partial charge in [0.15, 0.2) is 0 Å². The first-order chi connectivity index (χ1) is 11.3. The van der Waals surface area contributed by atoms with Crippen molar-refractivity contribution in [3.8, 4) is 0 Å². The number of para-hydroxylation sites is 4. The Hall–Kier alpha value is -2.59. The van der Waals surface area contributed by atoms with Crippen LogP contribution in [0.25, 0.3) is 22.1 Å². The first-order valence-electron chi connectivity index (χ1n) is 7.36. The molecular formula is C18H13ClN4. The van der Waals surface area contributed by atoms with E-state index in [1.54, 1.807) is 12.4 Å². The Morgan fingerprint density at radius 1 is 0.739 bits per heavy atom. The molecule has 112 valence electrons. The highest BCUT2D eigenvalue weighted by Crippen LogP contribution is 2.24. The van der Waals surface area contributed by atoms with Gasteiger partial charge in [0, 0.05) is 12.6 Å². The van der Waals surface area contributed by atoms with Crippen molar-refractivity contribution in [1.82, 2.24) is 19.9 Å². The van der Waals surface area contributed by atoms with Crippen molar-refractivity contribution in [2.24, 2.45) is 0 Å². The molecule has 0 bridgehead atoms. The predicted molar refractivity (Wildman–Crippen MR) is 91.4 cm³/mol. The third-order valence-electron chi connectivity index (χ3n) is 3.67. The molecule has 4 aromatic rings. The number of hydrogen-bond donors (Lipinski definition) is 0. The molecule has 0 saturated heterocycles. The Kier molecular flexibility index (Phi) is 3.60. The summed E-state index contributed by atoms with van der Waals surface area (Å²) < 4.78 is 0. The van der Waals surface area contributed by atoms with E-state index in [9.17, 15) is 0 Å². The zero-order chi connectivity index (χ0) is 15.6. The van der Waals surface area contributed by atoms with Crippen molar-refractivity contribution in [2.75, 3.05) is 0 Å². The van der Waals surface area contributed by atoms with Crippen LogP contribution >= 0.6 is 11.6 Å². The third kappa shape index (κ3) is 2.85. The molecule has 2 aromatic carbocycles. The van der Waals surface area contributed by atoms with Crippen molar-refractivity contribution in [3.05, 3.63) is 72.3 Å². The fourth-order valence-corrected chi connectivity index (χ4v) is 2.77. The van der Waals surface area contributed by atoms with E-state index >= 15 is 0 Å². The number of alkyl halides is 1. The largest absolute Gasteiger partial charge is 0.253 e. The third-order valence-corrected chi connectivity index (χ3v) is 4.05. The van der Waals surface area contributed by atoms with Crippen LogP contribution in [0.5, 0.6) is 0 Å². The smallest absolute Gasteiger partial charge is 0.0890 e. The summed E-state index contributed by atoms with van der Waals surface area (Å²) in [5.74, 6) is 0. The first kappa shape index (κ1) is 14.0. The Morgan fingerprint density at radius 3 is 2.00 bits per heavy atom. The van der Waals surface area contributed by atoms with Crippen LogP contribution in [-0.2, 0) is 6.42 Å². The highest BCUT2D eigenvalue weighted by Gasteiger charge is 2.13. The van der Waals surface area contributed by atoms with Gasteiger partial charge in [0.25, 0.3) is 0 Å². The molecular weight excluding hydrogens is 308 g/mol. The number of benzene rings is 2. The molecule has 4 rings (SSSR count). The first-order valence-corrected chi connectivity index (χ1v) is 7.80. The topological polar surface area (TPSA) is 51.6 Å². The molecule has 5 heteroatoms. The summed E-state index contributed by atoms with van der Waals surface area (Å²) in [4.78, 5) is 18.0. The molecule has 2 heterocycles. The van der Waals surface area contributed by atoms with Crippen LogP contribution in [0.2, 0.25) is 0 Å². The van der Waals surface area contributed by atoms with Gasteiger partial charge >= 0.3 is 0 Å². The van der Waals surface area contributed by atoms with E-state index in [1.165, 1.54) is 0 Å². The van der Waals surface area contributed by atoms with Gasteiger partial charge in [0.05, 0.1) is 45.0 Å². The molecule has 0 amide bonds. The summed E-state index contributed by atoms with van der Waals surface area (Å²) in [6.07, 6.45) is 4.06. The van der Waals surface area contributed by atoms with Gasteiger partial charge in [-0.3, -0.25) is 9.97 Å². The van der Waals surface area contributed by atoms with E-state index in [-0.39, 0.29) is 5.38 Å². The zero-order valence-corrected chi connectivity index (χ0v) is 13.0. The molecule has 23 heavy (non-hydrogen) atoms. The standard InChI is InChI=1S/C18H13ClN4/c19-13(18-11-21-15-6-2-4-8-17(15)23-18)9-12-10-20-14-5-1-3-7-16(14)22-12/h1-8,10-11,13H,9H2. The lowest BCUT2D eigenvalue weighted by atomic mass is 10.2. The second kappa shape index (κ2) is 5.89. The van der Waals surface area contributed by atoms with Crippen LogP contribution in [0, 0.1) is 0 Å². The van der Waals surface area contributed by atoms with E-state index in [1.807, 2.05) is 48.5 Å². The summed E-state index contributed by atoms with van der Waals surface area (Å²) in [6, 6.07) is 15.6. The minimum absolute atomic E-state index is 0.289. The molecule has 4 nitrogen and oxygen atoms in total. The number of nitrogens with zero attached hydrogens (tertiary/aromatic N) is 4. The highest BCUT2D eigenvalue weighted by atomic mass is 35.5. The van der Waals surface area contributed by atoms with E-state index in [0.717, 1.165) is 33.5 Å². The van der Waals surface area contributed by atoms with E-state index in [2.05, 4.69) is 19.9 Å². The zero-order valence-electron chi connectivity index (χ0n) is 12.2. The Bertz CT molecular complexity index is 986. The Balaban J connectivity index is 1.63. The summed E-state index contributed by atoms with van der Waals surface area (Å²) >= 11 is 6.52. The second-order valence-corrected chi connectivity index (χ2v) is 5.83. The summed E-state index contributed by atoms with van der Waals surface area (Å²) in [5, 5.41) is -0.289. The Morgan fingerprint density at radius 2 is 1.30 bits per heavy atom. The molecule has 0 aliphatic heterocycles. The summed E-state index contributed by atoms with van der Waals surface area (Å²) in [7, 11) is 0. The van der Waals surface area contributed by atoms with Gasteiger partial charge in [-0.05, 0) is 24.3 Å². The molecule has 0 aliphatic carbocycles. The maximum atomic E-state index is 6.52. The van der Waals surface area contributed by atoms with E-state index in [4.69, 9.17) is 11.6 Å². The normalized spacial score (nSPS) is 12.6. The molecule has 0 N–H and O–H groups in total. The lowest BCUT2D eigenvalue weighted by Gasteiger charge is -2.09. The van der Waals surface area contributed by atoms with E-state index in [0.29, 0.717) is 6.42 Å². The quantitative estimate of drug-likeness (QED) is 0.533. The van der Waals surface area contributed by atoms with Gasteiger partial charge in [0.1, 0.15) is 0 Å². The lowest BCUT2D eigenvalue weighted by Crippen LogP contribution is -2.02. The van der Waals surface area contributed by atoms with Crippen LogP contribution in [-0.4, -0.2) is 19.9 Å². The molecule has 1 unspecified atom stereocenters. The number of halogens is 1. The van der Waals surface area contributed by atoms with Crippen molar-refractivity contribution in [3.63, 3.8) is 0 Å². The molecule has 0 aliphatic rings. The van der Waals surface area contributed by atoms with Gasteiger partial charge in [0.2, 0.25) is 0 Å². The van der Waals surface area contributed by atoms with Crippen LogP contribution in [0.4, 0.5) is 0 Å². The second-order valence-electron chi connectivity index (χ2n) is 5.31. The van der Waals surface area contributed by atoms with Gasteiger partial charge in [-0.1, -0.05) is 24.3 Å². The van der Waals surface area contributed by atoms with Crippen molar-refractivity contribution >= 4 is 33.7 Å². The monoisotopic (exact) mass is 320 g/mol. The van der Waals surface area contributed by atoms with Crippen molar-refractivity contribution in [2.45, 2.75) is 11.8 Å². The molecule has 1 atom stereocenters. The van der Waals surface area contributed by atoms with Crippen LogP contribution < -0.4 is 0 Å². The molecule has 0 radical (unpaired) electrons. The number of hydrogen-bond acceptors (Lipinski definition) is 4. The Labute approximate surface area is 138 Å². The van der Waals surface area contributed by atoms with Crippen LogP contribution in [0.1, 0.15) is 16.8 Å². The van der Waals surface area contributed by atoms with Crippen molar-refractivity contribution < 1.29 is 0 Å². The van der Waals surface area contributed by atoms with Crippen LogP contribution in [0.3, 0.4) is 0 Å². The minimum Gasteiger partial charge on any atom is -0.253 e.